The summed E-state index contributed by atoms with van der Waals surface area (Å²) in [6.45, 7) is 3.04. The van der Waals surface area contributed by atoms with Gasteiger partial charge >= 0.3 is 0 Å². The number of hydrogen-bond acceptors (Lipinski definition) is 2. The molecule has 0 aliphatic carbocycles. The number of nitrogens with zero attached hydrogens (tertiary/aromatic N) is 2. The second kappa shape index (κ2) is 5.83. The molecule has 0 aliphatic rings. The Kier molecular flexibility index (Phi) is 3.73. The van der Waals surface area contributed by atoms with Crippen molar-refractivity contribution in [1.82, 2.24) is 9.55 Å². The largest absolute Gasteiger partial charge is 0.497 e. The Labute approximate surface area is 124 Å². The number of aromatic nitrogens is 2. The lowest BCUT2D eigenvalue weighted by atomic mass is 10.2. The first-order chi connectivity index (χ1) is 10.3. The smallest absolute Gasteiger partial charge is 0.133 e. The van der Waals surface area contributed by atoms with Gasteiger partial charge in [0.1, 0.15) is 11.6 Å². The molecule has 3 rings (SSSR count). The van der Waals surface area contributed by atoms with Crippen LogP contribution >= 0.6 is 0 Å². The number of para-hydroxylation sites is 2. The molecule has 0 unspecified atom stereocenters. The summed E-state index contributed by atoms with van der Waals surface area (Å²) in [6, 6.07) is 16.2. The zero-order chi connectivity index (χ0) is 14.7. The van der Waals surface area contributed by atoms with E-state index in [4.69, 9.17) is 4.74 Å². The normalized spacial score (nSPS) is 11.3. The van der Waals surface area contributed by atoms with Crippen molar-refractivity contribution in [3.05, 3.63) is 59.9 Å². The van der Waals surface area contributed by atoms with E-state index in [-0.39, 0.29) is 0 Å². The van der Waals surface area contributed by atoms with Gasteiger partial charge in [-0.25, -0.2) is 4.98 Å². The molecule has 3 aromatic rings. The molecule has 0 spiro atoms. The molecule has 3 nitrogen and oxygen atoms in total. The van der Waals surface area contributed by atoms with Crippen molar-refractivity contribution < 1.29 is 4.74 Å². The van der Waals surface area contributed by atoms with Gasteiger partial charge in [-0.3, -0.25) is 0 Å². The highest BCUT2D eigenvalue weighted by Gasteiger charge is 2.05. The summed E-state index contributed by atoms with van der Waals surface area (Å²) in [5.41, 5.74) is 3.34. The van der Waals surface area contributed by atoms with Gasteiger partial charge < -0.3 is 9.30 Å². The van der Waals surface area contributed by atoms with E-state index >= 15 is 0 Å². The van der Waals surface area contributed by atoms with Crippen LogP contribution in [0.4, 0.5) is 0 Å². The maximum absolute atomic E-state index is 5.17. The molecule has 0 saturated carbocycles. The highest BCUT2D eigenvalue weighted by Crippen LogP contribution is 2.18. The second-order valence-electron chi connectivity index (χ2n) is 4.81. The molecule has 0 saturated heterocycles. The number of ether oxygens (including phenoxy) is 1. The van der Waals surface area contributed by atoms with Crippen LogP contribution in [0.3, 0.4) is 0 Å². The molecule has 0 aliphatic heterocycles. The third-order valence-electron chi connectivity index (χ3n) is 3.54. The van der Waals surface area contributed by atoms with E-state index in [9.17, 15) is 0 Å². The average Bonchev–Trinajstić information content (AvgIpc) is 2.91. The lowest BCUT2D eigenvalue weighted by Crippen LogP contribution is -1.96. The Morgan fingerprint density at radius 1 is 1.05 bits per heavy atom. The number of fused-ring (bicyclic) bond motifs is 1. The minimum Gasteiger partial charge on any atom is -0.497 e. The molecular weight excluding hydrogens is 260 g/mol. The molecule has 106 valence electrons. The van der Waals surface area contributed by atoms with E-state index in [1.807, 2.05) is 42.5 Å². The van der Waals surface area contributed by atoms with Gasteiger partial charge in [0, 0.05) is 6.54 Å². The van der Waals surface area contributed by atoms with Crippen LogP contribution < -0.4 is 4.74 Å². The summed E-state index contributed by atoms with van der Waals surface area (Å²) in [4.78, 5) is 4.68. The monoisotopic (exact) mass is 278 g/mol. The van der Waals surface area contributed by atoms with Crippen molar-refractivity contribution in [2.75, 3.05) is 7.11 Å². The first kappa shape index (κ1) is 13.4. The fraction of sp³-hybridized carbons (Fsp3) is 0.167. The molecule has 0 N–H and O–H groups in total. The number of benzene rings is 2. The highest BCUT2D eigenvalue weighted by molar-refractivity contribution is 5.79. The topological polar surface area (TPSA) is 27.1 Å². The highest BCUT2D eigenvalue weighted by atomic mass is 16.5. The summed E-state index contributed by atoms with van der Waals surface area (Å²) < 4.78 is 7.39. The van der Waals surface area contributed by atoms with Crippen LogP contribution in [0.5, 0.6) is 5.75 Å². The van der Waals surface area contributed by atoms with E-state index in [0.717, 1.165) is 29.2 Å². The quantitative estimate of drug-likeness (QED) is 0.714. The zero-order valence-corrected chi connectivity index (χ0v) is 12.3. The zero-order valence-electron chi connectivity index (χ0n) is 12.3. The van der Waals surface area contributed by atoms with Crippen LogP contribution in [-0.4, -0.2) is 16.7 Å². The van der Waals surface area contributed by atoms with Crippen molar-refractivity contribution >= 4 is 23.2 Å². The molecule has 3 heteroatoms. The minimum absolute atomic E-state index is 0.868. The number of methoxy groups -OCH3 is 1. The molecule has 0 amide bonds. The lowest BCUT2D eigenvalue weighted by Gasteiger charge is -2.02. The Morgan fingerprint density at radius 2 is 1.81 bits per heavy atom. The number of rotatable bonds is 4. The first-order valence-electron chi connectivity index (χ1n) is 7.09. The molecule has 0 atom stereocenters. The number of imidazole rings is 1. The predicted octanol–water partition coefficient (Wildman–Crippen LogP) is 4.24. The number of hydrogen-bond donors (Lipinski definition) is 0. The van der Waals surface area contributed by atoms with Crippen LogP contribution in [0, 0.1) is 0 Å². The van der Waals surface area contributed by atoms with Crippen LogP contribution in [-0.2, 0) is 6.54 Å². The van der Waals surface area contributed by atoms with Crippen molar-refractivity contribution in [3.63, 3.8) is 0 Å². The molecular formula is C18H18N2O. The number of aryl methyl sites for hydroxylation is 1. The second-order valence-corrected chi connectivity index (χ2v) is 4.81. The van der Waals surface area contributed by atoms with Gasteiger partial charge in [-0.2, -0.15) is 0 Å². The van der Waals surface area contributed by atoms with Crippen molar-refractivity contribution in [1.29, 1.82) is 0 Å². The van der Waals surface area contributed by atoms with Gasteiger partial charge in [0.2, 0.25) is 0 Å². The fourth-order valence-corrected chi connectivity index (χ4v) is 2.44. The van der Waals surface area contributed by atoms with Crippen LogP contribution in [0.2, 0.25) is 0 Å². The van der Waals surface area contributed by atoms with E-state index in [1.165, 1.54) is 5.52 Å². The Balaban J connectivity index is 1.94. The summed E-state index contributed by atoms with van der Waals surface area (Å²) in [6.07, 6.45) is 4.14. The lowest BCUT2D eigenvalue weighted by molar-refractivity contribution is 0.415. The Morgan fingerprint density at radius 3 is 2.52 bits per heavy atom. The summed E-state index contributed by atoms with van der Waals surface area (Å²) in [5, 5.41) is 0. The Bertz CT molecular complexity index is 770. The molecule has 1 aromatic heterocycles. The summed E-state index contributed by atoms with van der Waals surface area (Å²) in [5.74, 6) is 1.85. The van der Waals surface area contributed by atoms with Gasteiger partial charge in [-0.05, 0) is 42.8 Å². The third-order valence-corrected chi connectivity index (χ3v) is 3.54. The van der Waals surface area contributed by atoms with Gasteiger partial charge in [0.25, 0.3) is 0 Å². The van der Waals surface area contributed by atoms with Crippen molar-refractivity contribution in [3.8, 4) is 5.75 Å². The molecule has 0 radical (unpaired) electrons. The van der Waals surface area contributed by atoms with Gasteiger partial charge in [0.15, 0.2) is 0 Å². The maximum atomic E-state index is 5.17. The summed E-state index contributed by atoms with van der Waals surface area (Å²) >= 11 is 0. The van der Waals surface area contributed by atoms with Crippen molar-refractivity contribution in [2.45, 2.75) is 13.5 Å². The molecule has 0 fully saturated rings. The van der Waals surface area contributed by atoms with Crippen LogP contribution in [0.25, 0.3) is 23.2 Å². The Hall–Kier alpha value is -2.55. The van der Waals surface area contributed by atoms with E-state index in [1.54, 1.807) is 7.11 Å². The van der Waals surface area contributed by atoms with Gasteiger partial charge in [-0.15, -0.1) is 0 Å². The molecule has 0 bridgehead atoms. The predicted molar refractivity (Wildman–Crippen MR) is 87.3 cm³/mol. The summed E-state index contributed by atoms with van der Waals surface area (Å²) in [7, 11) is 1.68. The van der Waals surface area contributed by atoms with E-state index in [2.05, 4.69) is 34.7 Å². The van der Waals surface area contributed by atoms with Crippen LogP contribution in [0.1, 0.15) is 18.3 Å². The molecule has 1 heterocycles. The third kappa shape index (κ3) is 2.68. The molecule has 2 aromatic carbocycles. The minimum atomic E-state index is 0.868. The SMILES string of the molecule is CCn1c(C=Cc2ccc(OC)cc2)nc2ccccc21. The van der Waals surface area contributed by atoms with Gasteiger partial charge in [0.05, 0.1) is 18.1 Å². The van der Waals surface area contributed by atoms with E-state index in [0.29, 0.717) is 0 Å². The van der Waals surface area contributed by atoms with E-state index < -0.39 is 0 Å². The maximum Gasteiger partial charge on any atom is 0.133 e. The van der Waals surface area contributed by atoms with Crippen LogP contribution in [0.15, 0.2) is 48.5 Å². The van der Waals surface area contributed by atoms with Crippen molar-refractivity contribution in [2.24, 2.45) is 0 Å². The average molecular weight is 278 g/mol. The van der Waals surface area contributed by atoms with Gasteiger partial charge in [-0.1, -0.05) is 30.3 Å². The standard InChI is InChI=1S/C18H18N2O/c1-3-20-17-7-5-4-6-16(17)19-18(20)13-10-14-8-11-15(21-2)12-9-14/h4-13H,3H2,1-2H3. The fourth-order valence-electron chi connectivity index (χ4n) is 2.44. The molecule has 21 heavy (non-hydrogen) atoms. The first-order valence-corrected chi connectivity index (χ1v) is 7.09.